The molecule has 2 amide bonds. The first-order valence-corrected chi connectivity index (χ1v) is 16.4. The molecule has 4 aromatic carbocycles. The first-order chi connectivity index (χ1) is 24.5. The van der Waals surface area contributed by atoms with E-state index in [2.05, 4.69) is 41.5 Å². The molecule has 0 aliphatic heterocycles. The summed E-state index contributed by atoms with van der Waals surface area (Å²) in [5.41, 5.74) is 5.64. The number of carboxylic acid groups (broad SMARTS) is 2. The summed E-state index contributed by atoms with van der Waals surface area (Å²) in [6.07, 6.45) is 0.234. The van der Waals surface area contributed by atoms with Gasteiger partial charge >= 0.3 is 11.9 Å². The van der Waals surface area contributed by atoms with Crippen LogP contribution in [-0.4, -0.2) is 76.9 Å². The second-order valence-electron chi connectivity index (χ2n) is 11.6. The minimum absolute atomic E-state index is 0.205. The summed E-state index contributed by atoms with van der Waals surface area (Å²) >= 11 is 12.3. The fourth-order valence-corrected chi connectivity index (χ4v) is 5.83. The van der Waals surface area contributed by atoms with Gasteiger partial charge in [-0.25, -0.2) is 0 Å². The van der Waals surface area contributed by atoms with Crippen LogP contribution in [0.5, 0.6) is 0 Å². The molecule has 6 rings (SSSR count). The van der Waals surface area contributed by atoms with Crippen LogP contribution in [0, 0.1) is 6.92 Å². The van der Waals surface area contributed by atoms with E-state index < -0.39 is 24.0 Å². The molecule has 2 aromatic heterocycles. The third kappa shape index (κ3) is 9.86. The Morgan fingerprint density at radius 2 is 1.14 bits per heavy atom. The predicted molar refractivity (Wildman–Crippen MR) is 190 cm³/mol. The molecule has 16 heteroatoms. The van der Waals surface area contributed by atoms with E-state index in [0.717, 1.165) is 16.7 Å². The molecule has 0 radical (unpaired) electrons. The number of H-pyrrole nitrogens is 2. The number of aromatic nitrogens is 6. The molecule has 0 fully saturated rings. The van der Waals surface area contributed by atoms with Crippen LogP contribution in [0.1, 0.15) is 50.2 Å². The van der Waals surface area contributed by atoms with E-state index in [1.807, 2.05) is 31.2 Å². The molecule has 6 aromatic rings. The quantitative estimate of drug-likeness (QED) is 0.0972. The lowest BCUT2D eigenvalue weighted by Gasteiger charge is -2.18. The van der Waals surface area contributed by atoms with Gasteiger partial charge in [0.25, 0.3) is 11.8 Å². The second-order valence-corrected chi connectivity index (χ2v) is 12.5. The van der Waals surface area contributed by atoms with Crippen molar-refractivity contribution in [2.45, 2.75) is 44.7 Å². The zero-order valence-corrected chi connectivity index (χ0v) is 28.6. The van der Waals surface area contributed by atoms with Gasteiger partial charge in [-0.05, 0) is 78.9 Å². The van der Waals surface area contributed by atoms with Crippen LogP contribution in [0.15, 0.2) is 78.9 Å². The van der Waals surface area contributed by atoms with E-state index in [-0.39, 0.29) is 24.7 Å². The van der Waals surface area contributed by atoms with Gasteiger partial charge in [0.05, 0.1) is 12.8 Å². The maximum atomic E-state index is 12.6. The van der Waals surface area contributed by atoms with Gasteiger partial charge in [0.2, 0.25) is 0 Å². The molecule has 0 aliphatic rings. The smallest absolute Gasteiger partial charge is 0.305 e. The van der Waals surface area contributed by atoms with Crippen molar-refractivity contribution < 1.29 is 29.4 Å². The number of carboxylic acids is 2. The Bertz CT molecular complexity index is 2200. The number of hydrogen-bond donors (Lipinski definition) is 6. The van der Waals surface area contributed by atoms with Gasteiger partial charge < -0.3 is 20.8 Å². The lowest BCUT2D eigenvalue weighted by atomic mass is 10.0. The maximum Gasteiger partial charge on any atom is 0.305 e. The fraction of sp³-hybridized carbons (Fsp3) is 0.200. The highest BCUT2D eigenvalue weighted by Crippen LogP contribution is 2.21. The first-order valence-electron chi connectivity index (χ1n) is 15.6. The standard InChI is InChI=1S/C18H17ClN4O3.C17H15ClN4O3/c1-10-6-12(8-15-17(10)22-23-21-15)18(26)20-13(9-16(24)25)7-11-4-2-3-5-14(11)19;18-13-4-2-1-3-10(13)7-12(9-16(23)24)19-17(25)11-5-6-14-15(8-11)21-22-20-14/h2-6,8,13H,7,9H2,1H3,(H,20,26)(H,24,25)(H,21,22,23);1-6,8,12H,7,9H2,(H,19,25)(H,23,24)(H,20,21,22)/t13-;12-/m11/s1. The third-order valence-electron chi connectivity index (χ3n) is 7.81. The fourth-order valence-electron chi connectivity index (χ4n) is 5.40. The largest absolute Gasteiger partial charge is 0.481 e. The van der Waals surface area contributed by atoms with E-state index in [0.29, 0.717) is 56.1 Å². The summed E-state index contributed by atoms with van der Waals surface area (Å²) in [7, 11) is 0. The monoisotopic (exact) mass is 730 g/mol. The first kappa shape index (κ1) is 36.4. The summed E-state index contributed by atoms with van der Waals surface area (Å²) in [6, 6.07) is 21.4. The molecule has 0 aliphatic carbocycles. The lowest BCUT2D eigenvalue weighted by molar-refractivity contribution is -0.138. The summed E-state index contributed by atoms with van der Waals surface area (Å²) in [4.78, 5) is 47.4. The normalized spacial score (nSPS) is 12.1. The van der Waals surface area contributed by atoms with E-state index in [9.17, 15) is 19.2 Å². The molecule has 2 atom stereocenters. The van der Waals surface area contributed by atoms with Gasteiger partial charge in [-0.3, -0.25) is 19.2 Å². The Kier molecular flexibility index (Phi) is 11.9. The Balaban J connectivity index is 0.000000198. The van der Waals surface area contributed by atoms with Gasteiger partial charge in [0, 0.05) is 33.3 Å². The van der Waals surface area contributed by atoms with Crippen LogP contribution in [0.3, 0.4) is 0 Å². The zero-order valence-electron chi connectivity index (χ0n) is 27.1. The van der Waals surface area contributed by atoms with Gasteiger partial charge in [-0.15, -0.1) is 0 Å². The molecular weight excluding hydrogens is 699 g/mol. The summed E-state index contributed by atoms with van der Waals surface area (Å²) < 4.78 is 0. The van der Waals surface area contributed by atoms with Crippen LogP contribution in [0.4, 0.5) is 0 Å². The number of amides is 2. The minimum Gasteiger partial charge on any atom is -0.481 e. The van der Waals surface area contributed by atoms with Crippen LogP contribution in [-0.2, 0) is 22.4 Å². The number of nitrogens with one attached hydrogen (secondary N) is 4. The molecule has 0 spiro atoms. The number of aromatic amines is 2. The third-order valence-corrected chi connectivity index (χ3v) is 8.55. The van der Waals surface area contributed by atoms with E-state index in [1.165, 1.54) is 0 Å². The van der Waals surface area contributed by atoms with Crippen LogP contribution in [0.25, 0.3) is 22.1 Å². The highest BCUT2D eigenvalue weighted by atomic mass is 35.5. The maximum absolute atomic E-state index is 12.6. The summed E-state index contributed by atoms with van der Waals surface area (Å²) in [5.74, 6) is -2.73. The Morgan fingerprint density at radius 3 is 1.71 bits per heavy atom. The molecular formula is C35H32Cl2N8O6. The number of nitrogens with zero attached hydrogens (tertiary/aromatic N) is 4. The van der Waals surface area contributed by atoms with Crippen molar-refractivity contribution in [3.63, 3.8) is 0 Å². The van der Waals surface area contributed by atoms with Gasteiger partial charge in [-0.1, -0.05) is 59.6 Å². The average molecular weight is 732 g/mol. The second kappa shape index (κ2) is 16.7. The Labute approximate surface area is 300 Å². The van der Waals surface area contributed by atoms with Crippen LogP contribution < -0.4 is 10.6 Å². The number of aliphatic carboxylic acids is 2. The van der Waals surface area contributed by atoms with Gasteiger partial charge in [0.1, 0.15) is 22.1 Å². The number of carbonyl (C=O) groups is 4. The zero-order chi connectivity index (χ0) is 36.5. The van der Waals surface area contributed by atoms with Crippen molar-refractivity contribution in [1.82, 2.24) is 41.5 Å². The molecule has 6 N–H and O–H groups in total. The lowest BCUT2D eigenvalue weighted by Crippen LogP contribution is -2.38. The van der Waals surface area contributed by atoms with Crippen molar-refractivity contribution in [1.29, 1.82) is 0 Å². The summed E-state index contributed by atoms with van der Waals surface area (Å²) in [6.45, 7) is 1.83. The predicted octanol–water partition coefficient (Wildman–Crippen LogP) is 5.16. The van der Waals surface area contributed by atoms with Crippen molar-refractivity contribution >= 4 is 69.0 Å². The molecule has 0 saturated carbocycles. The number of halogens is 2. The molecule has 51 heavy (non-hydrogen) atoms. The SMILES string of the molecule is Cc1cc(C(=O)N[C@@H](CC(=O)O)Cc2ccccc2Cl)cc2n[nH]nc12.O=C(O)C[C@@H](Cc1ccccc1Cl)NC(=O)c1ccc2n[nH]nc2c1. The summed E-state index contributed by atoms with van der Waals surface area (Å²) in [5, 5.41) is 45.8. The number of benzene rings is 4. The minimum atomic E-state index is -0.996. The van der Waals surface area contributed by atoms with Crippen molar-refractivity contribution in [3.05, 3.63) is 117 Å². The number of fused-ring (bicyclic) bond motifs is 2. The number of rotatable bonds is 12. The van der Waals surface area contributed by atoms with Crippen molar-refractivity contribution in [2.24, 2.45) is 0 Å². The van der Waals surface area contributed by atoms with Crippen molar-refractivity contribution in [3.8, 4) is 0 Å². The topological polar surface area (TPSA) is 216 Å². The Hall–Kier alpha value is -5.86. The van der Waals surface area contributed by atoms with E-state index in [4.69, 9.17) is 33.4 Å². The molecule has 14 nitrogen and oxygen atoms in total. The van der Waals surface area contributed by atoms with Crippen LogP contribution >= 0.6 is 23.2 Å². The highest BCUT2D eigenvalue weighted by Gasteiger charge is 2.21. The molecule has 0 saturated heterocycles. The van der Waals surface area contributed by atoms with E-state index in [1.54, 1.807) is 54.6 Å². The molecule has 0 bridgehead atoms. The van der Waals surface area contributed by atoms with Gasteiger partial charge in [0.15, 0.2) is 0 Å². The Morgan fingerprint density at radius 1 is 0.647 bits per heavy atom. The van der Waals surface area contributed by atoms with E-state index >= 15 is 0 Å². The highest BCUT2D eigenvalue weighted by molar-refractivity contribution is 6.31. The van der Waals surface area contributed by atoms with Crippen LogP contribution in [0.2, 0.25) is 10.0 Å². The molecule has 2 heterocycles. The number of aryl methyl sites for hydroxylation is 1. The molecule has 262 valence electrons. The molecule has 0 unspecified atom stereocenters. The average Bonchev–Trinajstić information content (AvgIpc) is 3.76. The van der Waals surface area contributed by atoms with Gasteiger partial charge in [-0.2, -0.15) is 30.8 Å². The number of hydrogen-bond acceptors (Lipinski definition) is 8. The van der Waals surface area contributed by atoms with Crippen molar-refractivity contribution in [2.75, 3.05) is 0 Å². The number of carbonyl (C=O) groups excluding carboxylic acids is 2.